The van der Waals surface area contributed by atoms with E-state index in [9.17, 15) is 0 Å². The van der Waals surface area contributed by atoms with Crippen molar-refractivity contribution in [3.8, 4) is 17.8 Å². The summed E-state index contributed by atoms with van der Waals surface area (Å²) in [5, 5.41) is 18.6. The molecule has 100 valence electrons. The summed E-state index contributed by atoms with van der Waals surface area (Å²) in [5.74, 6) is 0.270. The number of hydrogen-bond acceptors (Lipinski definition) is 4. The lowest BCUT2D eigenvalue weighted by molar-refractivity contribution is 1.11. The molecular formula is C15H8ClN5. The Balaban J connectivity index is 2.32. The Hall–Kier alpha value is -3.02. The molecule has 2 aromatic carbocycles. The van der Waals surface area contributed by atoms with E-state index in [-0.39, 0.29) is 5.95 Å². The average Bonchev–Trinajstić information content (AvgIpc) is 2.84. The first-order valence-electron chi connectivity index (χ1n) is 6.02. The number of rotatable bonds is 1. The summed E-state index contributed by atoms with van der Waals surface area (Å²) < 4.78 is 1.70. The van der Waals surface area contributed by atoms with E-state index in [0.29, 0.717) is 27.4 Å². The molecular weight excluding hydrogens is 286 g/mol. The fraction of sp³-hybridized carbons (Fsp3) is 0. The van der Waals surface area contributed by atoms with Crippen molar-refractivity contribution in [2.24, 2.45) is 0 Å². The van der Waals surface area contributed by atoms with Crippen molar-refractivity contribution in [3.63, 3.8) is 0 Å². The predicted octanol–water partition coefficient (Wildman–Crippen LogP) is 3.00. The molecule has 5 nitrogen and oxygen atoms in total. The van der Waals surface area contributed by atoms with Crippen LogP contribution in [0.3, 0.4) is 0 Å². The summed E-state index contributed by atoms with van der Waals surface area (Å²) in [4.78, 5) is 4.25. The Morgan fingerprint density at radius 1 is 1.10 bits per heavy atom. The van der Waals surface area contributed by atoms with Gasteiger partial charge in [0.15, 0.2) is 0 Å². The maximum atomic E-state index is 9.12. The van der Waals surface area contributed by atoms with Crippen molar-refractivity contribution in [3.05, 3.63) is 52.5 Å². The second-order valence-corrected chi connectivity index (χ2v) is 4.77. The van der Waals surface area contributed by atoms with E-state index < -0.39 is 0 Å². The zero-order valence-corrected chi connectivity index (χ0v) is 11.5. The molecule has 0 spiro atoms. The van der Waals surface area contributed by atoms with Crippen molar-refractivity contribution < 1.29 is 0 Å². The van der Waals surface area contributed by atoms with Crippen LogP contribution in [0.5, 0.6) is 0 Å². The van der Waals surface area contributed by atoms with E-state index in [1.54, 1.807) is 34.9 Å². The van der Waals surface area contributed by atoms with Gasteiger partial charge in [-0.25, -0.2) is 4.98 Å². The van der Waals surface area contributed by atoms with Crippen LogP contribution in [-0.2, 0) is 0 Å². The first-order chi connectivity index (χ1) is 10.2. The van der Waals surface area contributed by atoms with Crippen molar-refractivity contribution in [2.75, 3.05) is 5.73 Å². The number of nitrogen functional groups attached to an aromatic ring is 1. The van der Waals surface area contributed by atoms with E-state index in [0.717, 1.165) is 5.52 Å². The Kier molecular flexibility index (Phi) is 2.98. The van der Waals surface area contributed by atoms with Crippen LogP contribution in [0.4, 0.5) is 5.95 Å². The van der Waals surface area contributed by atoms with Crippen molar-refractivity contribution in [2.45, 2.75) is 0 Å². The van der Waals surface area contributed by atoms with Crippen LogP contribution in [0.25, 0.3) is 16.7 Å². The number of hydrogen-bond donors (Lipinski definition) is 1. The molecule has 1 heterocycles. The molecule has 0 bridgehead atoms. The minimum atomic E-state index is 0.270. The summed E-state index contributed by atoms with van der Waals surface area (Å²) in [6.45, 7) is 0. The highest BCUT2D eigenvalue weighted by molar-refractivity contribution is 6.35. The number of benzene rings is 2. The standard InChI is InChI=1S/C15H8ClN5/c16-12-2-1-3-13-14(12)20-15(19)21(13)11-5-4-9(7-17)10(6-11)8-18/h1-6H,(H2,19,20). The Bertz CT molecular complexity index is 943. The minimum Gasteiger partial charge on any atom is -0.369 e. The molecule has 6 heteroatoms. The number of imidazole rings is 1. The molecule has 0 saturated heterocycles. The summed E-state index contributed by atoms with van der Waals surface area (Å²) in [5.41, 5.74) is 8.57. The molecule has 0 aliphatic carbocycles. The quantitative estimate of drug-likeness (QED) is 0.746. The molecule has 0 radical (unpaired) electrons. The molecule has 3 rings (SSSR count). The van der Waals surface area contributed by atoms with Gasteiger partial charge in [0.2, 0.25) is 5.95 Å². The molecule has 0 unspecified atom stereocenters. The first-order valence-corrected chi connectivity index (χ1v) is 6.40. The molecule has 21 heavy (non-hydrogen) atoms. The molecule has 1 aromatic heterocycles. The van der Waals surface area contributed by atoms with Crippen LogP contribution < -0.4 is 5.73 Å². The van der Waals surface area contributed by atoms with Crippen LogP contribution in [0.1, 0.15) is 11.1 Å². The van der Waals surface area contributed by atoms with E-state index in [1.807, 2.05) is 18.2 Å². The molecule has 2 N–H and O–H groups in total. The van der Waals surface area contributed by atoms with Gasteiger partial charge in [-0.15, -0.1) is 0 Å². The summed E-state index contributed by atoms with van der Waals surface area (Å²) in [6, 6.07) is 14.3. The van der Waals surface area contributed by atoms with Gasteiger partial charge in [0.05, 0.1) is 27.4 Å². The molecule has 3 aromatic rings. The van der Waals surface area contributed by atoms with Crippen LogP contribution in [0.2, 0.25) is 5.02 Å². The van der Waals surface area contributed by atoms with Crippen molar-refractivity contribution in [1.82, 2.24) is 9.55 Å². The number of aromatic nitrogens is 2. The Morgan fingerprint density at radius 2 is 1.86 bits per heavy atom. The van der Waals surface area contributed by atoms with E-state index in [2.05, 4.69) is 4.98 Å². The van der Waals surface area contributed by atoms with Gasteiger partial charge in [0.1, 0.15) is 17.7 Å². The second kappa shape index (κ2) is 4.82. The van der Waals surface area contributed by atoms with Gasteiger partial charge in [-0.1, -0.05) is 17.7 Å². The van der Waals surface area contributed by atoms with Crippen LogP contribution in [0.15, 0.2) is 36.4 Å². The normalized spacial score (nSPS) is 10.2. The fourth-order valence-electron chi connectivity index (χ4n) is 2.22. The van der Waals surface area contributed by atoms with Crippen LogP contribution in [0, 0.1) is 22.7 Å². The summed E-state index contributed by atoms with van der Waals surface area (Å²) in [7, 11) is 0. The summed E-state index contributed by atoms with van der Waals surface area (Å²) in [6.07, 6.45) is 0. The number of nitrogens with two attached hydrogens (primary N) is 1. The number of nitrogens with zero attached hydrogens (tertiary/aromatic N) is 4. The lowest BCUT2D eigenvalue weighted by atomic mass is 10.1. The van der Waals surface area contributed by atoms with Crippen LogP contribution >= 0.6 is 11.6 Å². The highest BCUT2D eigenvalue weighted by Crippen LogP contribution is 2.28. The van der Waals surface area contributed by atoms with Gasteiger partial charge in [0.25, 0.3) is 0 Å². The predicted molar refractivity (Wildman–Crippen MR) is 79.9 cm³/mol. The first kappa shape index (κ1) is 13.0. The van der Waals surface area contributed by atoms with Gasteiger partial charge in [-0.05, 0) is 30.3 Å². The number of nitriles is 2. The van der Waals surface area contributed by atoms with Gasteiger partial charge in [-0.2, -0.15) is 10.5 Å². The van der Waals surface area contributed by atoms with Gasteiger partial charge >= 0.3 is 0 Å². The number of fused-ring (bicyclic) bond motifs is 1. The maximum Gasteiger partial charge on any atom is 0.205 e. The van der Waals surface area contributed by atoms with Gasteiger partial charge in [0, 0.05) is 0 Å². The number of anilines is 1. The Morgan fingerprint density at radius 3 is 2.57 bits per heavy atom. The minimum absolute atomic E-state index is 0.270. The third-order valence-corrected chi connectivity index (χ3v) is 3.47. The molecule has 0 amide bonds. The fourth-order valence-corrected chi connectivity index (χ4v) is 2.43. The molecule has 0 aliphatic rings. The van der Waals surface area contributed by atoms with E-state index >= 15 is 0 Å². The number of para-hydroxylation sites is 1. The third-order valence-electron chi connectivity index (χ3n) is 3.16. The highest BCUT2D eigenvalue weighted by atomic mass is 35.5. The largest absolute Gasteiger partial charge is 0.369 e. The van der Waals surface area contributed by atoms with Gasteiger partial charge in [-0.3, -0.25) is 4.57 Å². The zero-order valence-electron chi connectivity index (χ0n) is 10.7. The Labute approximate surface area is 125 Å². The van der Waals surface area contributed by atoms with E-state index in [4.69, 9.17) is 27.9 Å². The lowest BCUT2D eigenvalue weighted by Gasteiger charge is -2.07. The maximum absolute atomic E-state index is 9.12. The van der Waals surface area contributed by atoms with Gasteiger partial charge < -0.3 is 5.73 Å². The molecule has 0 saturated carbocycles. The average molecular weight is 294 g/mol. The second-order valence-electron chi connectivity index (χ2n) is 4.37. The van der Waals surface area contributed by atoms with E-state index in [1.165, 1.54) is 0 Å². The number of halogens is 1. The van der Waals surface area contributed by atoms with Crippen molar-refractivity contribution in [1.29, 1.82) is 10.5 Å². The summed E-state index contributed by atoms with van der Waals surface area (Å²) >= 11 is 6.11. The smallest absolute Gasteiger partial charge is 0.205 e. The lowest BCUT2D eigenvalue weighted by Crippen LogP contribution is -2.01. The molecule has 0 aliphatic heterocycles. The SMILES string of the molecule is N#Cc1ccc(-n2c(N)nc3c(Cl)cccc32)cc1C#N. The monoisotopic (exact) mass is 293 g/mol. The van der Waals surface area contributed by atoms with Crippen LogP contribution in [-0.4, -0.2) is 9.55 Å². The zero-order chi connectivity index (χ0) is 15.0. The third kappa shape index (κ3) is 1.97. The highest BCUT2D eigenvalue weighted by Gasteiger charge is 2.13. The molecule has 0 atom stereocenters. The van der Waals surface area contributed by atoms with Crippen molar-refractivity contribution >= 4 is 28.6 Å². The topological polar surface area (TPSA) is 91.4 Å². The molecule has 0 fully saturated rings.